The first kappa shape index (κ1) is 13.0. The molecule has 0 aromatic heterocycles. The van der Waals surface area contributed by atoms with Crippen LogP contribution >= 0.6 is 0 Å². The van der Waals surface area contributed by atoms with E-state index in [0.717, 1.165) is 19.3 Å². The molecule has 0 atom stereocenters. The second kappa shape index (κ2) is 5.84. The van der Waals surface area contributed by atoms with Crippen molar-refractivity contribution in [3.05, 3.63) is 0 Å². The molecule has 1 rings (SSSR count). The summed E-state index contributed by atoms with van der Waals surface area (Å²) in [4.78, 5) is 22.5. The first-order chi connectivity index (χ1) is 7.60. The highest BCUT2D eigenvalue weighted by Crippen LogP contribution is 2.35. The monoisotopic (exact) mass is 228 g/mol. The lowest BCUT2D eigenvalue weighted by Gasteiger charge is -2.33. The molecule has 0 radical (unpaired) electrons. The number of carboxylic acid groups (broad SMARTS) is 1. The SMILES string of the molecule is NCCC(=O)NCC1(C(=O)O)CCCCC1. The van der Waals surface area contributed by atoms with Crippen molar-refractivity contribution >= 4 is 11.9 Å². The predicted molar refractivity (Wildman–Crippen MR) is 59.8 cm³/mol. The van der Waals surface area contributed by atoms with Crippen LogP contribution in [0.4, 0.5) is 0 Å². The maximum Gasteiger partial charge on any atom is 0.311 e. The summed E-state index contributed by atoms with van der Waals surface area (Å²) >= 11 is 0. The van der Waals surface area contributed by atoms with Gasteiger partial charge in [-0.3, -0.25) is 9.59 Å². The molecule has 0 saturated heterocycles. The van der Waals surface area contributed by atoms with E-state index in [2.05, 4.69) is 5.32 Å². The summed E-state index contributed by atoms with van der Waals surface area (Å²) in [6, 6.07) is 0. The lowest BCUT2D eigenvalue weighted by atomic mass is 9.74. The molecular formula is C11H20N2O3. The van der Waals surface area contributed by atoms with Crippen molar-refractivity contribution in [1.82, 2.24) is 5.32 Å². The van der Waals surface area contributed by atoms with Gasteiger partial charge in [0.25, 0.3) is 0 Å². The molecule has 5 heteroatoms. The normalized spacial score (nSPS) is 19.1. The average Bonchev–Trinajstić information content (AvgIpc) is 2.28. The Balaban J connectivity index is 2.51. The van der Waals surface area contributed by atoms with Crippen LogP contribution in [0.25, 0.3) is 0 Å². The largest absolute Gasteiger partial charge is 0.481 e. The molecule has 0 aliphatic heterocycles. The molecule has 1 aliphatic rings. The Bertz CT molecular complexity index is 260. The maximum absolute atomic E-state index is 11.3. The summed E-state index contributed by atoms with van der Waals surface area (Å²) in [6.07, 6.45) is 4.52. The number of carboxylic acids is 1. The lowest BCUT2D eigenvalue weighted by molar-refractivity contribution is -0.151. The van der Waals surface area contributed by atoms with Crippen molar-refractivity contribution in [1.29, 1.82) is 0 Å². The van der Waals surface area contributed by atoms with Crippen LogP contribution < -0.4 is 11.1 Å². The second-order valence-electron chi connectivity index (χ2n) is 4.46. The topological polar surface area (TPSA) is 92.4 Å². The van der Waals surface area contributed by atoms with Crippen molar-refractivity contribution in [3.63, 3.8) is 0 Å². The van der Waals surface area contributed by atoms with E-state index in [1.165, 1.54) is 0 Å². The van der Waals surface area contributed by atoms with Crippen molar-refractivity contribution in [2.75, 3.05) is 13.1 Å². The van der Waals surface area contributed by atoms with Gasteiger partial charge in [0.1, 0.15) is 0 Å². The second-order valence-corrected chi connectivity index (χ2v) is 4.46. The number of aliphatic carboxylic acids is 1. The third-order valence-electron chi connectivity index (χ3n) is 3.26. The number of hydrogen-bond donors (Lipinski definition) is 3. The van der Waals surface area contributed by atoms with Gasteiger partial charge in [0.15, 0.2) is 0 Å². The number of rotatable bonds is 5. The van der Waals surface area contributed by atoms with E-state index in [1.54, 1.807) is 0 Å². The van der Waals surface area contributed by atoms with Gasteiger partial charge in [-0.15, -0.1) is 0 Å². The molecule has 16 heavy (non-hydrogen) atoms. The molecular weight excluding hydrogens is 208 g/mol. The summed E-state index contributed by atoms with van der Waals surface area (Å²) < 4.78 is 0. The first-order valence-corrected chi connectivity index (χ1v) is 5.81. The van der Waals surface area contributed by atoms with E-state index in [0.29, 0.717) is 19.4 Å². The van der Waals surface area contributed by atoms with E-state index < -0.39 is 11.4 Å². The molecule has 4 N–H and O–H groups in total. The van der Waals surface area contributed by atoms with Crippen molar-refractivity contribution in [3.8, 4) is 0 Å². The molecule has 0 bridgehead atoms. The third kappa shape index (κ3) is 3.20. The molecule has 1 fully saturated rings. The quantitative estimate of drug-likeness (QED) is 0.638. The molecule has 5 nitrogen and oxygen atoms in total. The van der Waals surface area contributed by atoms with E-state index in [1.807, 2.05) is 0 Å². The van der Waals surface area contributed by atoms with Gasteiger partial charge in [-0.1, -0.05) is 19.3 Å². The predicted octanol–water partition coefficient (Wildman–Crippen LogP) is 0.486. The van der Waals surface area contributed by atoms with Gasteiger partial charge >= 0.3 is 5.97 Å². The summed E-state index contributed by atoms with van der Waals surface area (Å²) in [5, 5.41) is 11.9. The molecule has 0 aromatic carbocycles. The molecule has 0 heterocycles. The van der Waals surface area contributed by atoms with Gasteiger partial charge in [-0.25, -0.2) is 0 Å². The number of nitrogens with one attached hydrogen (secondary N) is 1. The van der Waals surface area contributed by atoms with Gasteiger partial charge in [0.05, 0.1) is 5.41 Å². The molecule has 0 unspecified atom stereocenters. The van der Waals surface area contributed by atoms with Crippen molar-refractivity contribution in [2.24, 2.45) is 11.1 Å². The average molecular weight is 228 g/mol. The molecule has 0 spiro atoms. The Morgan fingerprint density at radius 3 is 2.38 bits per heavy atom. The smallest absolute Gasteiger partial charge is 0.311 e. The van der Waals surface area contributed by atoms with Crippen LogP contribution in [-0.2, 0) is 9.59 Å². The van der Waals surface area contributed by atoms with Gasteiger partial charge < -0.3 is 16.2 Å². The van der Waals surface area contributed by atoms with Gasteiger partial charge in [0.2, 0.25) is 5.91 Å². The fraction of sp³-hybridized carbons (Fsp3) is 0.818. The number of hydrogen-bond acceptors (Lipinski definition) is 3. The zero-order valence-corrected chi connectivity index (χ0v) is 9.50. The van der Waals surface area contributed by atoms with E-state index in [9.17, 15) is 14.7 Å². The fourth-order valence-corrected chi connectivity index (χ4v) is 2.18. The fourth-order valence-electron chi connectivity index (χ4n) is 2.18. The Morgan fingerprint density at radius 1 is 1.25 bits per heavy atom. The van der Waals surface area contributed by atoms with Crippen molar-refractivity contribution in [2.45, 2.75) is 38.5 Å². The van der Waals surface area contributed by atoms with Crippen LogP contribution in [0.5, 0.6) is 0 Å². The lowest BCUT2D eigenvalue weighted by Crippen LogP contribution is -2.44. The highest BCUT2D eigenvalue weighted by Gasteiger charge is 2.39. The number of amides is 1. The molecule has 1 aliphatic carbocycles. The zero-order chi connectivity index (χ0) is 12.0. The summed E-state index contributed by atoms with van der Waals surface area (Å²) in [7, 11) is 0. The Kier molecular flexibility index (Phi) is 4.73. The minimum atomic E-state index is -0.791. The van der Waals surface area contributed by atoms with Crippen LogP contribution in [0.15, 0.2) is 0 Å². The van der Waals surface area contributed by atoms with Gasteiger partial charge in [-0.2, -0.15) is 0 Å². The number of carbonyl (C=O) groups is 2. The minimum absolute atomic E-state index is 0.159. The minimum Gasteiger partial charge on any atom is -0.481 e. The standard InChI is InChI=1S/C11H20N2O3/c12-7-4-9(14)13-8-11(10(15)16)5-2-1-3-6-11/h1-8,12H2,(H,13,14)(H,15,16). The summed E-state index contributed by atoms with van der Waals surface area (Å²) in [6.45, 7) is 0.535. The molecule has 0 aromatic rings. The first-order valence-electron chi connectivity index (χ1n) is 5.81. The molecule has 1 saturated carbocycles. The third-order valence-corrected chi connectivity index (χ3v) is 3.26. The zero-order valence-electron chi connectivity index (χ0n) is 9.50. The number of carbonyl (C=O) groups excluding carboxylic acids is 1. The van der Waals surface area contributed by atoms with E-state index in [-0.39, 0.29) is 18.9 Å². The molecule has 92 valence electrons. The Hall–Kier alpha value is -1.10. The maximum atomic E-state index is 11.3. The van der Waals surface area contributed by atoms with Crippen LogP contribution in [0.2, 0.25) is 0 Å². The molecule has 1 amide bonds. The van der Waals surface area contributed by atoms with Crippen LogP contribution in [0.3, 0.4) is 0 Å². The van der Waals surface area contributed by atoms with Crippen molar-refractivity contribution < 1.29 is 14.7 Å². The Morgan fingerprint density at radius 2 is 1.88 bits per heavy atom. The van der Waals surface area contributed by atoms with Gasteiger partial charge in [-0.05, 0) is 12.8 Å². The van der Waals surface area contributed by atoms with Crippen LogP contribution in [-0.4, -0.2) is 30.1 Å². The van der Waals surface area contributed by atoms with Crippen LogP contribution in [0.1, 0.15) is 38.5 Å². The number of nitrogens with two attached hydrogens (primary N) is 1. The van der Waals surface area contributed by atoms with E-state index in [4.69, 9.17) is 5.73 Å². The highest BCUT2D eigenvalue weighted by atomic mass is 16.4. The Labute approximate surface area is 95.4 Å². The van der Waals surface area contributed by atoms with Crippen LogP contribution in [0, 0.1) is 5.41 Å². The van der Waals surface area contributed by atoms with E-state index >= 15 is 0 Å². The summed E-state index contributed by atoms with van der Waals surface area (Å²) in [5.74, 6) is -0.950. The van der Waals surface area contributed by atoms with Gasteiger partial charge in [0, 0.05) is 19.5 Å². The highest BCUT2D eigenvalue weighted by molar-refractivity contribution is 5.79. The summed E-state index contributed by atoms with van der Waals surface area (Å²) in [5.41, 5.74) is 4.51.